The van der Waals surface area contributed by atoms with Gasteiger partial charge in [-0.05, 0) is 48.4 Å². The number of aryl methyl sites for hydroxylation is 1. The highest BCUT2D eigenvalue weighted by atomic mass is 35.5. The van der Waals surface area contributed by atoms with Crippen LogP contribution in [-0.4, -0.2) is 13.2 Å². The van der Waals surface area contributed by atoms with Crippen LogP contribution in [0.4, 0.5) is 0 Å². The van der Waals surface area contributed by atoms with Crippen LogP contribution in [0.3, 0.4) is 0 Å². The summed E-state index contributed by atoms with van der Waals surface area (Å²) in [5.74, 6) is 0.901. The van der Waals surface area contributed by atoms with Crippen LogP contribution in [0.1, 0.15) is 11.1 Å². The molecule has 0 radical (unpaired) electrons. The van der Waals surface area contributed by atoms with Crippen LogP contribution in [0.5, 0.6) is 5.75 Å². The third-order valence-electron chi connectivity index (χ3n) is 2.79. The Morgan fingerprint density at radius 2 is 1.80 bits per heavy atom. The molecular weight excluding hydrogens is 293 g/mol. The zero-order valence-corrected chi connectivity index (χ0v) is 12.8. The molecule has 106 valence electrons. The lowest BCUT2D eigenvalue weighted by Crippen LogP contribution is -2.20. The second-order valence-corrected chi connectivity index (χ2v) is 5.49. The molecule has 0 aliphatic carbocycles. The smallest absolute Gasteiger partial charge is 0.119 e. The summed E-state index contributed by atoms with van der Waals surface area (Å²) in [7, 11) is 0. The average molecular weight is 310 g/mol. The van der Waals surface area contributed by atoms with Crippen LogP contribution >= 0.6 is 23.2 Å². The Hall–Kier alpha value is -1.22. The molecule has 0 saturated heterocycles. The van der Waals surface area contributed by atoms with Gasteiger partial charge in [0.05, 0.1) is 0 Å². The van der Waals surface area contributed by atoms with E-state index in [1.54, 1.807) is 6.07 Å². The maximum absolute atomic E-state index is 5.95. The Bertz CT molecular complexity index is 552. The van der Waals surface area contributed by atoms with E-state index in [1.807, 2.05) is 43.3 Å². The molecule has 0 amide bonds. The Morgan fingerprint density at radius 3 is 2.50 bits per heavy atom. The second-order valence-electron chi connectivity index (χ2n) is 4.62. The van der Waals surface area contributed by atoms with E-state index in [4.69, 9.17) is 27.9 Å². The molecule has 0 spiro atoms. The van der Waals surface area contributed by atoms with Gasteiger partial charge >= 0.3 is 0 Å². The van der Waals surface area contributed by atoms with Crippen LogP contribution in [0.15, 0.2) is 42.5 Å². The quantitative estimate of drug-likeness (QED) is 0.795. The van der Waals surface area contributed by atoms with Crippen molar-refractivity contribution in [3.63, 3.8) is 0 Å². The molecule has 0 unspecified atom stereocenters. The van der Waals surface area contributed by atoms with E-state index in [0.717, 1.165) is 24.4 Å². The van der Waals surface area contributed by atoms with E-state index in [0.29, 0.717) is 16.7 Å². The number of hydrogen-bond donors (Lipinski definition) is 1. The molecule has 2 rings (SSSR count). The Kier molecular flexibility index (Phi) is 5.72. The molecule has 2 aromatic rings. The summed E-state index contributed by atoms with van der Waals surface area (Å²) in [6, 6.07) is 13.6. The maximum atomic E-state index is 5.95. The first kappa shape index (κ1) is 15.2. The van der Waals surface area contributed by atoms with Crippen molar-refractivity contribution >= 4 is 23.2 Å². The topological polar surface area (TPSA) is 21.3 Å². The maximum Gasteiger partial charge on any atom is 0.119 e. The number of hydrogen-bond acceptors (Lipinski definition) is 2. The van der Waals surface area contributed by atoms with Crippen molar-refractivity contribution in [1.29, 1.82) is 0 Å². The first-order valence-corrected chi connectivity index (χ1v) is 7.24. The van der Waals surface area contributed by atoms with Gasteiger partial charge in [-0.15, -0.1) is 0 Å². The van der Waals surface area contributed by atoms with Gasteiger partial charge in [0.2, 0.25) is 0 Å². The number of halogens is 2. The van der Waals surface area contributed by atoms with Crippen molar-refractivity contribution in [2.45, 2.75) is 13.5 Å². The highest BCUT2D eigenvalue weighted by Gasteiger charge is 1.98. The lowest BCUT2D eigenvalue weighted by atomic mass is 10.2. The minimum Gasteiger partial charge on any atom is -0.492 e. The summed E-state index contributed by atoms with van der Waals surface area (Å²) in [5, 5.41) is 4.61. The van der Waals surface area contributed by atoms with E-state index in [1.165, 1.54) is 5.56 Å². The van der Waals surface area contributed by atoms with E-state index in [9.17, 15) is 0 Å². The van der Waals surface area contributed by atoms with Gasteiger partial charge in [0.15, 0.2) is 0 Å². The zero-order chi connectivity index (χ0) is 14.4. The zero-order valence-electron chi connectivity index (χ0n) is 11.3. The fourth-order valence-corrected chi connectivity index (χ4v) is 2.46. The van der Waals surface area contributed by atoms with Gasteiger partial charge in [0.1, 0.15) is 12.4 Å². The minimum absolute atomic E-state index is 0.623. The summed E-state index contributed by atoms with van der Waals surface area (Å²) in [6.45, 7) is 4.15. The third kappa shape index (κ3) is 5.04. The fourth-order valence-electron chi connectivity index (χ4n) is 1.89. The number of ether oxygens (including phenoxy) is 1. The molecule has 1 N–H and O–H groups in total. The predicted molar refractivity (Wildman–Crippen MR) is 84.8 cm³/mol. The molecule has 0 aromatic heterocycles. The highest BCUT2D eigenvalue weighted by molar-refractivity contribution is 6.34. The van der Waals surface area contributed by atoms with Gasteiger partial charge in [0.25, 0.3) is 0 Å². The van der Waals surface area contributed by atoms with Crippen LogP contribution in [0.2, 0.25) is 10.0 Å². The van der Waals surface area contributed by atoms with Crippen LogP contribution in [0, 0.1) is 6.92 Å². The molecule has 0 atom stereocenters. The molecule has 20 heavy (non-hydrogen) atoms. The largest absolute Gasteiger partial charge is 0.492 e. The summed E-state index contributed by atoms with van der Waals surface area (Å²) < 4.78 is 5.66. The molecule has 0 heterocycles. The number of rotatable bonds is 6. The molecule has 0 bridgehead atoms. The van der Waals surface area contributed by atoms with E-state index in [-0.39, 0.29) is 0 Å². The van der Waals surface area contributed by atoms with Crippen molar-refractivity contribution in [2.75, 3.05) is 13.2 Å². The van der Waals surface area contributed by atoms with Gasteiger partial charge < -0.3 is 10.1 Å². The number of benzene rings is 2. The first-order chi connectivity index (χ1) is 9.63. The Labute approximate surface area is 129 Å². The summed E-state index contributed by atoms with van der Waals surface area (Å²) >= 11 is 11.9. The van der Waals surface area contributed by atoms with Crippen LogP contribution in [0.25, 0.3) is 0 Å². The standard InChI is InChI=1S/C16H17Cl2NO/c1-12-3-2-4-16(7-12)20-6-5-19-11-13-8-14(17)10-15(18)9-13/h2-4,7-10,19H,5-6,11H2,1H3. The summed E-state index contributed by atoms with van der Waals surface area (Å²) in [4.78, 5) is 0. The fraction of sp³-hybridized carbons (Fsp3) is 0.250. The molecule has 0 aliphatic rings. The molecule has 2 aromatic carbocycles. The Morgan fingerprint density at radius 1 is 1.05 bits per heavy atom. The van der Waals surface area contributed by atoms with Gasteiger partial charge in [-0.2, -0.15) is 0 Å². The lowest BCUT2D eigenvalue weighted by molar-refractivity contribution is 0.313. The molecule has 0 aliphatic heterocycles. The van der Waals surface area contributed by atoms with Crippen molar-refractivity contribution in [2.24, 2.45) is 0 Å². The first-order valence-electron chi connectivity index (χ1n) is 6.48. The van der Waals surface area contributed by atoms with E-state index >= 15 is 0 Å². The highest BCUT2D eigenvalue weighted by Crippen LogP contribution is 2.18. The third-order valence-corrected chi connectivity index (χ3v) is 3.23. The normalized spacial score (nSPS) is 10.6. The van der Waals surface area contributed by atoms with Crippen LogP contribution in [-0.2, 0) is 6.54 Å². The van der Waals surface area contributed by atoms with Crippen LogP contribution < -0.4 is 10.1 Å². The second kappa shape index (κ2) is 7.53. The van der Waals surface area contributed by atoms with E-state index in [2.05, 4.69) is 5.32 Å². The van der Waals surface area contributed by atoms with Crippen molar-refractivity contribution in [3.05, 3.63) is 63.6 Å². The molecule has 0 fully saturated rings. The van der Waals surface area contributed by atoms with Crippen molar-refractivity contribution in [1.82, 2.24) is 5.32 Å². The van der Waals surface area contributed by atoms with Crippen molar-refractivity contribution in [3.8, 4) is 5.75 Å². The number of nitrogens with one attached hydrogen (secondary N) is 1. The van der Waals surface area contributed by atoms with Gasteiger partial charge in [0, 0.05) is 23.1 Å². The molecule has 2 nitrogen and oxygen atoms in total. The minimum atomic E-state index is 0.623. The molecule has 4 heteroatoms. The van der Waals surface area contributed by atoms with Gasteiger partial charge in [-0.1, -0.05) is 35.3 Å². The lowest BCUT2D eigenvalue weighted by Gasteiger charge is -2.08. The predicted octanol–water partition coefficient (Wildman–Crippen LogP) is 4.47. The monoisotopic (exact) mass is 309 g/mol. The summed E-state index contributed by atoms with van der Waals surface area (Å²) in [5.41, 5.74) is 2.27. The van der Waals surface area contributed by atoms with Crippen molar-refractivity contribution < 1.29 is 4.74 Å². The summed E-state index contributed by atoms with van der Waals surface area (Å²) in [6.07, 6.45) is 0. The van der Waals surface area contributed by atoms with Gasteiger partial charge in [-0.3, -0.25) is 0 Å². The SMILES string of the molecule is Cc1cccc(OCCNCc2cc(Cl)cc(Cl)c2)c1. The van der Waals surface area contributed by atoms with Gasteiger partial charge in [-0.25, -0.2) is 0 Å². The molecule has 0 saturated carbocycles. The van der Waals surface area contributed by atoms with E-state index < -0.39 is 0 Å². The Balaban J connectivity index is 1.71. The molecular formula is C16H17Cl2NO. The average Bonchev–Trinajstić information content (AvgIpc) is 2.37.